The molecule has 1 amide bonds. The quantitative estimate of drug-likeness (QED) is 0.777. The lowest BCUT2D eigenvalue weighted by molar-refractivity contribution is -0.117. The average molecular weight is 358 g/mol. The summed E-state index contributed by atoms with van der Waals surface area (Å²) in [7, 11) is 0. The van der Waals surface area contributed by atoms with E-state index in [0.29, 0.717) is 16.4 Å². The van der Waals surface area contributed by atoms with Crippen LogP contribution in [0.3, 0.4) is 0 Å². The lowest BCUT2D eigenvalue weighted by atomic mass is 10.1. The second-order valence-electron chi connectivity index (χ2n) is 5.65. The number of aromatic nitrogens is 4. The Morgan fingerprint density at radius 2 is 1.92 bits per heavy atom. The van der Waals surface area contributed by atoms with E-state index in [-0.39, 0.29) is 12.5 Å². The highest BCUT2D eigenvalue weighted by Gasteiger charge is 2.14. The molecule has 3 aromatic rings. The first-order valence-electron chi connectivity index (χ1n) is 7.60. The van der Waals surface area contributed by atoms with Crippen LogP contribution in [0, 0.1) is 13.8 Å². The number of carbonyl (C=O) groups is 1. The molecule has 25 heavy (non-hydrogen) atoms. The fourth-order valence-corrected chi connectivity index (χ4v) is 2.64. The van der Waals surface area contributed by atoms with Crippen LogP contribution in [0.5, 0.6) is 0 Å². The number of hydrogen-bond donors (Lipinski definition) is 1. The molecule has 0 aliphatic heterocycles. The van der Waals surface area contributed by atoms with Gasteiger partial charge in [0.15, 0.2) is 0 Å². The molecule has 0 aliphatic rings. The Morgan fingerprint density at radius 3 is 2.64 bits per heavy atom. The fraction of sp³-hybridized carbons (Fsp3) is 0.176. The van der Waals surface area contributed by atoms with E-state index >= 15 is 0 Å². The summed E-state index contributed by atoms with van der Waals surface area (Å²) in [6.07, 6.45) is 0. The van der Waals surface area contributed by atoms with Crippen LogP contribution in [0.25, 0.3) is 5.69 Å². The summed E-state index contributed by atoms with van der Waals surface area (Å²) >= 11 is 6.07. The van der Waals surface area contributed by atoms with Crippen LogP contribution in [0.15, 0.2) is 47.3 Å². The predicted molar refractivity (Wildman–Crippen MR) is 95.2 cm³/mol. The van der Waals surface area contributed by atoms with Crippen molar-refractivity contribution >= 4 is 23.2 Å². The van der Waals surface area contributed by atoms with Crippen molar-refractivity contribution < 1.29 is 4.79 Å². The highest BCUT2D eigenvalue weighted by atomic mass is 35.5. The third-order valence-corrected chi connectivity index (χ3v) is 3.99. The van der Waals surface area contributed by atoms with Crippen LogP contribution in [-0.4, -0.2) is 25.7 Å². The molecule has 3 rings (SSSR count). The molecule has 0 bridgehead atoms. The van der Waals surface area contributed by atoms with E-state index in [1.165, 1.54) is 0 Å². The van der Waals surface area contributed by atoms with Crippen LogP contribution >= 0.6 is 11.6 Å². The number of rotatable bonds is 4. The van der Waals surface area contributed by atoms with Crippen LogP contribution < -0.4 is 11.0 Å². The second kappa shape index (κ2) is 6.90. The fourth-order valence-electron chi connectivity index (χ4n) is 2.43. The summed E-state index contributed by atoms with van der Waals surface area (Å²) < 4.78 is 2.05. The Bertz CT molecular complexity index is 993. The number of amides is 1. The van der Waals surface area contributed by atoms with E-state index in [1.807, 2.05) is 32.0 Å². The highest BCUT2D eigenvalue weighted by molar-refractivity contribution is 6.32. The van der Waals surface area contributed by atoms with Crippen molar-refractivity contribution in [3.05, 3.63) is 69.1 Å². The van der Waals surface area contributed by atoms with Crippen LogP contribution in [0.2, 0.25) is 5.02 Å². The van der Waals surface area contributed by atoms with Crippen LogP contribution in [-0.2, 0) is 11.3 Å². The van der Waals surface area contributed by atoms with E-state index in [4.69, 9.17) is 11.6 Å². The largest absolute Gasteiger partial charge is 0.369 e. The predicted octanol–water partition coefficient (Wildman–Crippen LogP) is 2.34. The van der Waals surface area contributed by atoms with Crippen molar-refractivity contribution in [3.8, 4) is 5.69 Å². The second-order valence-corrected chi connectivity index (χ2v) is 6.06. The summed E-state index contributed by atoms with van der Waals surface area (Å²) in [6, 6.07) is 12.5. The van der Waals surface area contributed by atoms with Gasteiger partial charge in [0.1, 0.15) is 6.54 Å². The molecule has 0 saturated carbocycles. The molecule has 0 aliphatic carbocycles. The average Bonchev–Trinajstić information content (AvgIpc) is 2.91. The van der Waals surface area contributed by atoms with Gasteiger partial charge in [-0.05, 0) is 48.0 Å². The molecule has 0 atom stereocenters. The van der Waals surface area contributed by atoms with Crippen LogP contribution in [0.1, 0.15) is 11.1 Å². The van der Waals surface area contributed by atoms with Gasteiger partial charge in [0, 0.05) is 5.69 Å². The van der Waals surface area contributed by atoms with Gasteiger partial charge in [-0.15, -0.1) is 0 Å². The number of anilines is 1. The summed E-state index contributed by atoms with van der Waals surface area (Å²) in [4.78, 5) is 24.6. The molecule has 1 N–H and O–H groups in total. The van der Waals surface area contributed by atoms with E-state index < -0.39 is 5.69 Å². The van der Waals surface area contributed by atoms with Gasteiger partial charge in [-0.25, -0.2) is 4.79 Å². The number of halogens is 1. The minimum Gasteiger partial charge on any atom is -0.324 e. The van der Waals surface area contributed by atoms with Gasteiger partial charge in [-0.3, -0.25) is 4.79 Å². The van der Waals surface area contributed by atoms with Gasteiger partial charge in [0.05, 0.1) is 10.7 Å². The minimum absolute atomic E-state index is 0.239. The standard InChI is InChI=1S/C17H16ClN5O2/c1-11-7-8-14(12(2)9-11)19-16(24)10-22-17(25)23(21-20-22)15-6-4-3-5-13(15)18/h3-9H,10H2,1-2H3,(H,19,24). The molecular formula is C17H16ClN5O2. The third kappa shape index (κ3) is 3.61. The topological polar surface area (TPSA) is 81.8 Å². The highest BCUT2D eigenvalue weighted by Crippen LogP contribution is 2.17. The zero-order chi connectivity index (χ0) is 18.0. The summed E-state index contributed by atoms with van der Waals surface area (Å²) in [6.45, 7) is 3.64. The zero-order valence-corrected chi connectivity index (χ0v) is 14.5. The molecule has 0 spiro atoms. The van der Waals surface area contributed by atoms with Crippen molar-refractivity contribution in [2.45, 2.75) is 20.4 Å². The maximum Gasteiger partial charge on any atom is 0.369 e. The first-order valence-corrected chi connectivity index (χ1v) is 7.98. The van der Waals surface area contributed by atoms with Crippen LogP contribution in [0.4, 0.5) is 5.69 Å². The molecule has 1 aromatic heterocycles. The van der Waals surface area contributed by atoms with Gasteiger partial charge in [-0.1, -0.05) is 41.4 Å². The van der Waals surface area contributed by atoms with Crippen molar-refractivity contribution in [1.29, 1.82) is 0 Å². The first-order chi connectivity index (χ1) is 12.0. The number of hydrogen-bond acceptors (Lipinski definition) is 4. The number of tetrazole rings is 1. The van der Waals surface area contributed by atoms with Crippen molar-refractivity contribution in [3.63, 3.8) is 0 Å². The maximum atomic E-state index is 12.4. The Balaban J connectivity index is 1.79. The summed E-state index contributed by atoms with van der Waals surface area (Å²) in [5.41, 5.74) is 2.62. The Morgan fingerprint density at radius 1 is 1.16 bits per heavy atom. The Kier molecular flexibility index (Phi) is 4.67. The molecule has 0 unspecified atom stereocenters. The van der Waals surface area contributed by atoms with Gasteiger partial charge in [0.25, 0.3) is 0 Å². The third-order valence-electron chi connectivity index (χ3n) is 3.67. The monoisotopic (exact) mass is 357 g/mol. The van der Waals surface area contributed by atoms with Crippen molar-refractivity contribution in [2.24, 2.45) is 0 Å². The molecule has 0 radical (unpaired) electrons. The summed E-state index contributed by atoms with van der Waals surface area (Å²) in [5.74, 6) is -0.361. The van der Waals surface area contributed by atoms with Gasteiger partial charge >= 0.3 is 5.69 Å². The maximum absolute atomic E-state index is 12.4. The molecule has 128 valence electrons. The minimum atomic E-state index is -0.538. The lowest BCUT2D eigenvalue weighted by Gasteiger charge is -2.08. The molecule has 7 nitrogen and oxygen atoms in total. The van der Waals surface area contributed by atoms with Crippen molar-refractivity contribution in [2.75, 3.05) is 5.32 Å². The van der Waals surface area contributed by atoms with Crippen molar-refractivity contribution in [1.82, 2.24) is 19.8 Å². The molecule has 2 aromatic carbocycles. The van der Waals surface area contributed by atoms with E-state index in [9.17, 15) is 9.59 Å². The Hall–Kier alpha value is -2.93. The lowest BCUT2D eigenvalue weighted by Crippen LogP contribution is -2.30. The van der Waals surface area contributed by atoms with Gasteiger partial charge in [-0.2, -0.15) is 9.36 Å². The number of nitrogens with zero attached hydrogens (tertiary/aromatic N) is 4. The number of carbonyl (C=O) groups excluding carboxylic acids is 1. The SMILES string of the molecule is Cc1ccc(NC(=O)Cn2nnn(-c3ccccc3Cl)c2=O)c(C)c1. The number of para-hydroxylation sites is 1. The molecular weight excluding hydrogens is 342 g/mol. The normalized spacial score (nSPS) is 10.7. The molecule has 0 saturated heterocycles. The van der Waals surface area contributed by atoms with E-state index in [0.717, 1.165) is 20.5 Å². The molecule has 1 heterocycles. The first kappa shape index (κ1) is 16.9. The smallest absolute Gasteiger partial charge is 0.324 e. The van der Waals surface area contributed by atoms with Gasteiger partial charge in [0.2, 0.25) is 5.91 Å². The summed E-state index contributed by atoms with van der Waals surface area (Å²) in [5, 5.41) is 10.7. The number of nitrogens with one attached hydrogen (secondary N) is 1. The Labute approximate surface area is 148 Å². The number of aryl methyl sites for hydroxylation is 2. The molecule has 0 fully saturated rings. The zero-order valence-electron chi connectivity index (χ0n) is 13.7. The number of benzene rings is 2. The van der Waals surface area contributed by atoms with E-state index in [2.05, 4.69) is 15.7 Å². The van der Waals surface area contributed by atoms with Gasteiger partial charge < -0.3 is 5.32 Å². The molecule has 8 heteroatoms. The van der Waals surface area contributed by atoms with E-state index in [1.54, 1.807) is 24.3 Å².